The van der Waals surface area contributed by atoms with Crippen LogP contribution in [-0.4, -0.2) is 33.3 Å². The van der Waals surface area contributed by atoms with Crippen LogP contribution in [0.1, 0.15) is 28.8 Å². The van der Waals surface area contributed by atoms with Crippen LogP contribution in [0.25, 0.3) is 0 Å². The monoisotopic (exact) mass is 259 g/mol. The third-order valence-corrected chi connectivity index (χ3v) is 3.80. The molecular weight excluding hydrogens is 242 g/mol. The average Bonchev–Trinajstić information content (AvgIpc) is 2.59. The Kier molecular flexibility index (Phi) is 4.89. The van der Waals surface area contributed by atoms with Gasteiger partial charge in [-0.2, -0.15) is 0 Å². The number of nitrogens with one attached hydrogen (secondary N) is 1. The summed E-state index contributed by atoms with van der Waals surface area (Å²) in [4.78, 5) is 10.8. The second kappa shape index (κ2) is 5.97. The van der Waals surface area contributed by atoms with Gasteiger partial charge >= 0.3 is 5.97 Å². The van der Waals surface area contributed by atoms with Gasteiger partial charge in [-0.15, -0.1) is 0 Å². The molecule has 0 bridgehead atoms. The minimum Gasteiger partial charge on any atom is -0.478 e. The van der Waals surface area contributed by atoms with E-state index in [0.29, 0.717) is 24.6 Å². The predicted molar refractivity (Wildman–Crippen MR) is 65.6 cm³/mol. The van der Waals surface area contributed by atoms with Crippen molar-refractivity contribution in [1.82, 2.24) is 5.32 Å². The normalized spacial score (nSPS) is 14.5. The molecular formula is C11H17NO4S. The van der Waals surface area contributed by atoms with Gasteiger partial charge in [-0.1, -0.05) is 0 Å². The van der Waals surface area contributed by atoms with Crippen LogP contribution in [-0.2, 0) is 17.3 Å². The molecule has 96 valence electrons. The van der Waals surface area contributed by atoms with Gasteiger partial charge in [0.15, 0.2) is 0 Å². The molecule has 0 aliphatic heterocycles. The van der Waals surface area contributed by atoms with Gasteiger partial charge in [-0.25, -0.2) is 4.79 Å². The van der Waals surface area contributed by atoms with Gasteiger partial charge < -0.3 is 14.8 Å². The number of hydrogen-bond acceptors (Lipinski definition) is 4. The molecule has 0 aliphatic carbocycles. The minimum absolute atomic E-state index is 0.0602. The van der Waals surface area contributed by atoms with Gasteiger partial charge in [0.25, 0.3) is 0 Å². The third-order valence-electron chi connectivity index (χ3n) is 2.50. The van der Waals surface area contributed by atoms with Gasteiger partial charge in [-0.3, -0.25) is 4.21 Å². The molecule has 0 fully saturated rings. The summed E-state index contributed by atoms with van der Waals surface area (Å²) in [5.74, 6) is -0.00377. The Balaban J connectivity index is 2.50. The van der Waals surface area contributed by atoms with Crippen LogP contribution in [0.4, 0.5) is 0 Å². The van der Waals surface area contributed by atoms with Crippen LogP contribution in [0.2, 0.25) is 0 Å². The van der Waals surface area contributed by atoms with E-state index in [-0.39, 0.29) is 10.8 Å². The standard InChI is InChI=1S/C11H17NO4S/c1-7(17(3)15)5-12-6-9-4-10(11(13)14)8(2)16-9/h4,7,12H,5-6H2,1-3H3,(H,13,14). The Morgan fingerprint density at radius 1 is 1.65 bits per heavy atom. The van der Waals surface area contributed by atoms with E-state index in [1.54, 1.807) is 13.2 Å². The maximum absolute atomic E-state index is 11.1. The number of hydrogen-bond donors (Lipinski definition) is 2. The van der Waals surface area contributed by atoms with Crippen LogP contribution in [0.5, 0.6) is 0 Å². The van der Waals surface area contributed by atoms with Gasteiger partial charge in [0, 0.05) is 28.9 Å². The van der Waals surface area contributed by atoms with E-state index >= 15 is 0 Å². The fraction of sp³-hybridized carbons (Fsp3) is 0.545. The first kappa shape index (κ1) is 13.9. The van der Waals surface area contributed by atoms with E-state index in [1.165, 1.54) is 6.07 Å². The SMILES string of the molecule is Cc1oc(CNCC(C)S(C)=O)cc1C(=O)O. The summed E-state index contributed by atoms with van der Waals surface area (Å²) in [6.07, 6.45) is 1.66. The minimum atomic E-state index is -0.986. The van der Waals surface area contributed by atoms with Crippen molar-refractivity contribution in [1.29, 1.82) is 0 Å². The first-order valence-corrected chi connectivity index (χ1v) is 6.89. The molecule has 0 aromatic carbocycles. The molecule has 0 radical (unpaired) electrons. The zero-order chi connectivity index (χ0) is 13.0. The second-order valence-corrected chi connectivity index (χ2v) is 5.73. The number of carboxylic acids is 1. The Bertz CT molecular complexity index is 427. The smallest absolute Gasteiger partial charge is 0.339 e. The van der Waals surface area contributed by atoms with E-state index in [2.05, 4.69) is 5.32 Å². The van der Waals surface area contributed by atoms with E-state index in [0.717, 1.165) is 0 Å². The molecule has 0 spiro atoms. The summed E-state index contributed by atoms with van der Waals surface area (Å²) >= 11 is 0. The molecule has 1 aromatic heterocycles. The summed E-state index contributed by atoms with van der Waals surface area (Å²) in [6, 6.07) is 1.51. The third kappa shape index (κ3) is 3.98. The zero-order valence-electron chi connectivity index (χ0n) is 10.1. The number of carboxylic acid groups (broad SMARTS) is 1. The fourth-order valence-electron chi connectivity index (χ4n) is 1.36. The van der Waals surface area contributed by atoms with Gasteiger partial charge in [0.05, 0.1) is 6.54 Å². The van der Waals surface area contributed by atoms with Crippen molar-refractivity contribution in [3.8, 4) is 0 Å². The molecule has 1 heterocycles. The number of aromatic carboxylic acids is 1. The lowest BCUT2D eigenvalue weighted by Crippen LogP contribution is -2.26. The molecule has 2 unspecified atom stereocenters. The highest BCUT2D eigenvalue weighted by atomic mass is 32.2. The van der Waals surface area contributed by atoms with Crippen LogP contribution in [0, 0.1) is 6.92 Å². The summed E-state index contributed by atoms with van der Waals surface area (Å²) in [5, 5.41) is 12.0. The van der Waals surface area contributed by atoms with Crippen LogP contribution in [0.15, 0.2) is 10.5 Å². The number of rotatable bonds is 6. The first-order valence-electron chi connectivity index (χ1n) is 5.27. The highest BCUT2D eigenvalue weighted by Crippen LogP contribution is 2.14. The maximum atomic E-state index is 11.1. The van der Waals surface area contributed by atoms with Crippen molar-refractivity contribution in [3.63, 3.8) is 0 Å². The molecule has 2 N–H and O–H groups in total. The molecule has 5 nitrogen and oxygen atoms in total. The molecule has 0 saturated heterocycles. The Hall–Kier alpha value is -1.14. The highest BCUT2D eigenvalue weighted by Gasteiger charge is 2.13. The van der Waals surface area contributed by atoms with E-state index in [4.69, 9.17) is 9.52 Å². The fourth-order valence-corrected chi connectivity index (χ4v) is 1.71. The lowest BCUT2D eigenvalue weighted by molar-refractivity contribution is 0.0695. The van der Waals surface area contributed by atoms with Gasteiger partial charge in [-0.05, 0) is 19.9 Å². The topological polar surface area (TPSA) is 79.5 Å². The molecule has 1 aromatic rings. The van der Waals surface area contributed by atoms with Gasteiger partial charge in [0.2, 0.25) is 0 Å². The Morgan fingerprint density at radius 2 is 2.29 bits per heavy atom. The molecule has 17 heavy (non-hydrogen) atoms. The molecule has 0 amide bonds. The molecule has 2 atom stereocenters. The van der Waals surface area contributed by atoms with Crippen molar-refractivity contribution in [2.45, 2.75) is 25.6 Å². The van der Waals surface area contributed by atoms with Crippen molar-refractivity contribution >= 4 is 16.8 Å². The van der Waals surface area contributed by atoms with E-state index in [1.807, 2.05) is 6.92 Å². The lowest BCUT2D eigenvalue weighted by Gasteiger charge is -2.08. The summed E-state index contributed by atoms with van der Waals surface area (Å²) in [6.45, 7) is 4.55. The first-order chi connectivity index (χ1) is 7.91. The molecule has 6 heteroatoms. The van der Waals surface area contributed by atoms with Crippen LogP contribution >= 0.6 is 0 Å². The summed E-state index contributed by atoms with van der Waals surface area (Å²) in [7, 11) is -0.862. The van der Waals surface area contributed by atoms with Crippen molar-refractivity contribution in [3.05, 3.63) is 23.2 Å². The average molecular weight is 259 g/mol. The largest absolute Gasteiger partial charge is 0.478 e. The number of aryl methyl sites for hydroxylation is 1. The van der Waals surface area contributed by atoms with Crippen molar-refractivity contribution < 1.29 is 18.5 Å². The summed E-state index contributed by atoms with van der Waals surface area (Å²) in [5.41, 5.74) is 0.189. The van der Waals surface area contributed by atoms with E-state index in [9.17, 15) is 9.00 Å². The molecule has 0 aliphatic rings. The van der Waals surface area contributed by atoms with E-state index < -0.39 is 16.8 Å². The summed E-state index contributed by atoms with van der Waals surface area (Å²) < 4.78 is 16.4. The van der Waals surface area contributed by atoms with Crippen LogP contribution in [0.3, 0.4) is 0 Å². The second-order valence-electron chi connectivity index (χ2n) is 3.93. The highest BCUT2D eigenvalue weighted by molar-refractivity contribution is 7.84. The predicted octanol–water partition coefficient (Wildman–Crippen LogP) is 1.14. The number of furan rings is 1. The maximum Gasteiger partial charge on any atom is 0.339 e. The number of carbonyl (C=O) groups is 1. The molecule has 0 saturated carbocycles. The Labute approximate surface area is 103 Å². The van der Waals surface area contributed by atoms with Gasteiger partial charge in [0.1, 0.15) is 17.1 Å². The quantitative estimate of drug-likeness (QED) is 0.801. The van der Waals surface area contributed by atoms with Crippen molar-refractivity contribution in [2.75, 3.05) is 12.8 Å². The zero-order valence-corrected chi connectivity index (χ0v) is 11.0. The molecule has 1 rings (SSSR count). The van der Waals surface area contributed by atoms with Crippen LogP contribution < -0.4 is 5.32 Å². The lowest BCUT2D eigenvalue weighted by atomic mass is 10.2. The Morgan fingerprint density at radius 3 is 2.76 bits per heavy atom. The van der Waals surface area contributed by atoms with Crippen molar-refractivity contribution in [2.24, 2.45) is 0 Å².